The van der Waals surface area contributed by atoms with Gasteiger partial charge in [-0.05, 0) is 12.8 Å². The quantitative estimate of drug-likeness (QED) is 0.576. The highest BCUT2D eigenvalue weighted by molar-refractivity contribution is 7.16. The number of aromatic nitrogens is 6. The molecule has 1 aliphatic rings. The number of thiazole rings is 1. The van der Waals surface area contributed by atoms with Crippen LogP contribution in [0.25, 0.3) is 9.92 Å². The number of ether oxygens (including phenoxy) is 1. The molecule has 1 fully saturated rings. The third-order valence-electron chi connectivity index (χ3n) is 3.75. The summed E-state index contributed by atoms with van der Waals surface area (Å²) in [6.45, 7) is 0.794. The van der Waals surface area contributed by atoms with Crippen molar-refractivity contribution in [3.05, 3.63) is 34.3 Å². The van der Waals surface area contributed by atoms with Crippen molar-refractivity contribution in [2.75, 3.05) is 6.61 Å². The zero-order valence-electron chi connectivity index (χ0n) is 11.5. The number of rotatable bonds is 3. The normalized spacial score (nSPS) is 18.8. The average molecular weight is 332 g/mol. The van der Waals surface area contributed by atoms with Crippen molar-refractivity contribution in [1.82, 2.24) is 29.2 Å². The van der Waals surface area contributed by atoms with Crippen LogP contribution in [-0.2, 0) is 11.2 Å². The molecule has 22 heavy (non-hydrogen) atoms. The van der Waals surface area contributed by atoms with Crippen LogP contribution in [0.4, 0.5) is 0 Å². The molecule has 0 aliphatic carbocycles. The lowest BCUT2D eigenvalue weighted by atomic mass is 10.2. The van der Waals surface area contributed by atoms with E-state index in [1.807, 2.05) is 20.5 Å². The van der Waals surface area contributed by atoms with E-state index in [1.54, 1.807) is 22.7 Å². The molecule has 1 saturated heterocycles. The van der Waals surface area contributed by atoms with E-state index in [0.29, 0.717) is 6.42 Å². The standard InChI is InChI=1S/C13H12N6OS2/c1-2-9(20-4-1)11-15-16-13-19(11)17-10(22-13)6-8-7-18-3-5-21-12(18)14-8/h3,5,7,9H,1-2,4,6H2. The molecule has 1 aliphatic heterocycles. The summed E-state index contributed by atoms with van der Waals surface area (Å²) in [5, 5.41) is 16.1. The summed E-state index contributed by atoms with van der Waals surface area (Å²) in [6, 6.07) is 0. The summed E-state index contributed by atoms with van der Waals surface area (Å²) >= 11 is 3.20. The Morgan fingerprint density at radius 2 is 2.32 bits per heavy atom. The van der Waals surface area contributed by atoms with Crippen LogP contribution >= 0.6 is 22.7 Å². The van der Waals surface area contributed by atoms with Gasteiger partial charge in [-0.15, -0.1) is 21.5 Å². The van der Waals surface area contributed by atoms with Gasteiger partial charge in [0, 0.05) is 30.8 Å². The molecule has 5 heterocycles. The highest BCUT2D eigenvalue weighted by atomic mass is 32.1. The van der Waals surface area contributed by atoms with Crippen LogP contribution < -0.4 is 0 Å². The van der Waals surface area contributed by atoms with E-state index in [-0.39, 0.29) is 6.10 Å². The van der Waals surface area contributed by atoms with Gasteiger partial charge in [0.25, 0.3) is 0 Å². The molecule has 0 bridgehead atoms. The summed E-state index contributed by atoms with van der Waals surface area (Å²) in [5.41, 5.74) is 1.02. The van der Waals surface area contributed by atoms with Crippen LogP contribution in [-0.4, -0.2) is 35.8 Å². The molecule has 7 nitrogen and oxygen atoms in total. The zero-order valence-corrected chi connectivity index (χ0v) is 13.2. The number of nitrogens with zero attached hydrogens (tertiary/aromatic N) is 6. The number of imidazole rings is 1. The van der Waals surface area contributed by atoms with Crippen LogP contribution in [0.15, 0.2) is 17.8 Å². The molecule has 0 amide bonds. The average Bonchev–Trinajstić information content (AvgIpc) is 3.24. The lowest BCUT2D eigenvalue weighted by Gasteiger charge is -2.03. The van der Waals surface area contributed by atoms with Crippen molar-refractivity contribution in [1.29, 1.82) is 0 Å². The first-order valence-electron chi connectivity index (χ1n) is 7.10. The Morgan fingerprint density at radius 3 is 3.18 bits per heavy atom. The molecule has 0 N–H and O–H groups in total. The van der Waals surface area contributed by atoms with E-state index in [4.69, 9.17) is 4.74 Å². The van der Waals surface area contributed by atoms with Gasteiger partial charge in [-0.2, -0.15) is 9.61 Å². The van der Waals surface area contributed by atoms with E-state index in [0.717, 1.165) is 45.9 Å². The highest BCUT2D eigenvalue weighted by Crippen LogP contribution is 2.28. The van der Waals surface area contributed by atoms with Crippen LogP contribution in [0, 0.1) is 0 Å². The predicted molar refractivity (Wildman–Crippen MR) is 82.5 cm³/mol. The first-order chi connectivity index (χ1) is 10.9. The van der Waals surface area contributed by atoms with E-state index in [9.17, 15) is 0 Å². The summed E-state index contributed by atoms with van der Waals surface area (Å²) in [4.78, 5) is 6.43. The Morgan fingerprint density at radius 1 is 1.32 bits per heavy atom. The predicted octanol–water partition coefficient (Wildman–Crippen LogP) is 2.34. The topological polar surface area (TPSA) is 69.6 Å². The molecule has 112 valence electrons. The molecule has 4 aromatic heterocycles. The van der Waals surface area contributed by atoms with Gasteiger partial charge in [-0.1, -0.05) is 11.3 Å². The Labute approximate surface area is 133 Å². The van der Waals surface area contributed by atoms with Crippen molar-refractivity contribution in [2.24, 2.45) is 0 Å². The van der Waals surface area contributed by atoms with Crippen LogP contribution in [0.2, 0.25) is 0 Å². The minimum absolute atomic E-state index is 0.0305. The van der Waals surface area contributed by atoms with Crippen LogP contribution in [0.3, 0.4) is 0 Å². The van der Waals surface area contributed by atoms with Crippen molar-refractivity contribution in [3.8, 4) is 0 Å². The van der Waals surface area contributed by atoms with Crippen LogP contribution in [0.1, 0.15) is 35.5 Å². The lowest BCUT2D eigenvalue weighted by Crippen LogP contribution is -2.04. The van der Waals surface area contributed by atoms with Crippen molar-refractivity contribution >= 4 is 32.6 Å². The fraction of sp³-hybridized carbons (Fsp3) is 0.385. The van der Waals surface area contributed by atoms with Gasteiger partial charge < -0.3 is 4.74 Å². The van der Waals surface area contributed by atoms with Gasteiger partial charge in [0.1, 0.15) is 11.1 Å². The SMILES string of the molecule is c1cn2cc(Cc3nn4c(C5CCCO5)nnc4s3)nc2s1. The molecule has 1 unspecified atom stereocenters. The fourth-order valence-electron chi connectivity index (χ4n) is 2.74. The Bertz CT molecular complexity index is 916. The van der Waals surface area contributed by atoms with Gasteiger partial charge >= 0.3 is 0 Å². The largest absolute Gasteiger partial charge is 0.370 e. The third-order valence-corrected chi connectivity index (χ3v) is 5.42. The second-order valence-electron chi connectivity index (χ2n) is 5.25. The molecule has 4 aromatic rings. The van der Waals surface area contributed by atoms with Gasteiger partial charge in [0.15, 0.2) is 10.8 Å². The van der Waals surface area contributed by atoms with Crippen molar-refractivity contribution in [2.45, 2.75) is 25.4 Å². The zero-order chi connectivity index (χ0) is 14.5. The molecular formula is C13H12N6OS2. The first kappa shape index (κ1) is 12.7. The summed E-state index contributed by atoms with van der Waals surface area (Å²) < 4.78 is 9.56. The monoisotopic (exact) mass is 332 g/mol. The second kappa shape index (κ2) is 4.83. The number of fused-ring (bicyclic) bond motifs is 2. The smallest absolute Gasteiger partial charge is 0.234 e. The van der Waals surface area contributed by atoms with Crippen molar-refractivity contribution in [3.63, 3.8) is 0 Å². The molecule has 5 rings (SSSR count). The number of hydrogen-bond donors (Lipinski definition) is 0. The summed E-state index contributed by atoms with van der Waals surface area (Å²) in [6.07, 6.45) is 6.88. The maximum Gasteiger partial charge on any atom is 0.234 e. The minimum Gasteiger partial charge on any atom is -0.370 e. The van der Waals surface area contributed by atoms with E-state index >= 15 is 0 Å². The van der Waals surface area contributed by atoms with Gasteiger partial charge in [-0.3, -0.25) is 4.40 Å². The fourth-order valence-corrected chi connectivity index (χ4v) is 4.32. The molecule has 1 atom stereocenters. The molecule has 0 saturated carbocycles. The maximum atomic E-state index is 5.69. The molecular weight excluding hydrogens is 320 g/mol. The maximum absolute atomic E-state index is 5.69. The molecule has 9 heteroatoms. The van der Waals surface area contributed by atoms with Crippen LogP contribution in [0.5, 0.6) is 0 Å². The molecule has 0 radical (unpaired) electrons. The highest BCUT2D eigenvalue weighted by Gasteiger charge is 2.25. The minimum atomic E-state index is 0.0305. The van der Waals surface area contributed by atoms with E-state index in [1.165, 1.54) is 0 Å². The van der Waals surface area contributed by atoms with Crippen molar-refractivity contribution < 1.29 is 4.74 Å². The summed E-state index contributed by atoms with van der Waals surface area (Å²) in [5.74, 6) is 0.820. The van der Waals surface area contributed by atoms with E-state index < -0.39 is 0 Å². The Hall–Kier alpha value is -1.84. The third kappa shape index (κ3) is 1.97. The second-order valence-corrected chi connectivity index (χ2v) is 7.17. The Balaban J connectivity index is 1.48. The van der Waals surface area contributed by atoms with E-state index in [2.05, 4.69) is 26.5 Å². The molecule has 0 aromatic carbocycles. The lowest BCUT2D eigenvalue weighted by molar-refractivity contribution is 0.103. The van der Waals surface area contributed by atoms with Gasteiger partial charge in [-0.25, -0.2) is 4.98 Å². The number of hydrogen-bond acceptors (Lipinski definition) is 7. The molecule has 0 spiro atoms. The Kier molecular flexibility index (Phi) is 2.79. The first-order valence-corrected chi connectivity index (χ1v) is 8.80. The van der Waals surface area contributed by atoms with Gasteiger partial charge in [0.2, 0.25) is 4.96 Å². The van der Waals surface area contributed by atoms with Gasteiger partial charge in [0.05, 0.1) is 5.69 Å². The summed E-state index contributed by atoms with van der Waals surface area (Å²) in [7, 11) is 0.